The number of fused-ring (bicyclic) bond motifs is 1. The Morgan fingerprint density at radius 2 is 1.87 bits per heavy atom. The van der Waals surface area contributed by atoms with Gasteiger partial charge in [-0.15, -0.1) is 0 Å². The van der Waals surface area contributed by atoms with E-state index in [1.54, 1.807) is 0 Å². The SMILES string of the molecule is CN(C)c1ccc(NC(=O)CN2CCCc3ccccc32)cc1. The van der Waals surface area contributed by atoms with Crippen LogP contribution in [0.2, 0.25) is 0 Å². The summed E-state index contributed by atoms with van der Waals surface area (Å²) in [5.74, 6) is 0.0271. The van der Waals surface area contributed by atoms with E-state index in [1.165, 1.54) is 11.3 Å². The molecular weight excluding hydrogens is 286 g/mol. The highest BCUT2D eigenvalue weighted by molar-refractivity contribution is 5.94. The Bertz CT molecular complexity index is 679. The Labute approximate surface area is 137 Å². The third-order valence-corrected chi connectivity index (χ3v) is 4.21. The molecule has 4 heteroatoms. The molecule has 0 bridgehead atoms. The minimum absolute atomic E-state index is 0.0271. The molecule has 0 aliphatic carbocycles. The Balaban J connectivity index is 1.64. The van der Waals surface area contributed by atoms with Crippen LogP contribution in [0.25, 0.3) is 0 Å². The molecule has 0 unspecified atom stereocenters. The van der Waals surface area contributed by atoms with Gasteiger partial charge in [0.2, 0.25) is 5.91 Å². The molecule has 2 aromatic rings. The fraction of sp³-hybridized carbons (Fsp3) is 0.316. The molecule has 0 spiro atoms. The molecule has 0 saturated carbocycles. The lowest BCUT2D eigenvalue weighted by molar-refractivity contribution is -0.115. The number of carbonyl (C=O) groups is 1. The van der Waals surface area contributed by atoms with Gasteiger partial charge in [-0.3, -0.25) is 4.79 Å². The van der Waals surface area contributed by atoms with Crippen LogP contribution in [0.3, 0.4) is 0 Å². The second-order valence-electron chi connectivity index (χ2n) is 6.14. The summed E-state index contributed by atoms with van der Waals surface area (Å²) >= 11 is 0. The van der Waals surface area contributed by atoms with Crippen LogP contribution in [0.1, 0.15) is 12.0 Å². The first-order valence-electron chi connectivity index (χ1n) is 8.03. The molecule has 0 atom stereocenters. The van der Waals surface area contributed by atoms with E-state index in [-0.39, 0.29) is 5.91 Å². The maximum absolute atomic E-state index is 12.3. The van der Waals surface area contributed by atoms with Crippen molar-refractivity contribution in [2.24, 2.45) is 0 Å². The Kier molecular flexibility index (Phi) is 4.51. The molecule has 0 fully saturated rings. The monoisotopic (exact) mass is 309 g/mol. The number of nitrogens with one attached hydrogen (secondary N) is 1. The van der Waals surface area contributed by atoms with Crippen molar-refractivity contribution in [3.63, 3.8) is 0 Å². The van der Waals surface area contributed by atoms with Crippen molar-refractivity contribution in [3.05, 3.63) is 54.1 Å². The van der Waals surface area contributed by atoms with Crippen LogP contribution in [0, 0.1) is 0 Å². The number of aryl methyl sites for hydroxylation is 1. The van der Waals surface area contributed by atoms with Gasteiger partial charge in [0.25, 0.3) is 0 Å². The minimum atomic E-state index is 0.0271. The predicted molar refractivity (Wildman–Crippen MR) is 96.4 cm³/mol. The zero-order chi connectivity index (χ0) is 16.2. The molecule has 1 aliphatic heterocycles. The lowest BCUT2D eigenvalue weighted by atomic mass is 10.0. The third kappa shape index (κ3) is 3.65. The van der Waals surface area contributed by atoms with Gasteiger partial charge in [0.1, 0.15) is 0 Å². The molecule has 1 amide bonds. The van der Waals surface area contributed by atoms with Gasteiger partial charge in [-0.1, -0.05) is 18.2 Å². The number of benzene rings is 2. The van der Waals surface area contributed by atoms with Crippen LogP contribution in [-0.4, -0.2) is 33.1 Å². The van der Waals surface area contributed by atoms with Gasteiger partial charge in [-0.2, -0.15) is 0 Å². The highest BCUT2D eigenvalue weighted by atomic mass is 16.2. The number of hydrogen-bond acceptors (Lipinski definition) is 3. The summed E-state index contributed by atoms with van der Waals surface area (Å²) in [6.45, 7) is 1.33. The van der Waals surface area contributed by atoms with Crippen LogP contribution in [0.15, 0.2) is 48.5 Å². The van der Waals surface area contributed by atoms with Crippen LogP contribution in [0.4, 0.5) is 17.1 Å². The lowest BCUT2D eigenvalue weighted by Gasteiger charge is -2.30. The van der Waals surface area contributed by atoms with Crippen molar-refractivity contribution in [2.45, 2.75) is 12.8 Å². The smallest absolute Gasteiger partial charge is 0.243 e. The van der Waals surface area contributed by atoms with E-state index in [1.807, 2.05) is 49.3 Å². The summed E-state index contributed by atoms with van der Waals surface area (Å²) in [7, 11) is 4.00. The maximum atomic E-state index is 12.3. The van der Waals surface area contributed by atoms with E-state index in [9.17, 15) is 4.79 Å². The van der Waals surface area contributed by atoms with E-state index in [4.69, 9.17) is 0 Å². The first kappa shape index (κ1) is 15.4. The van der Waals surface area contributed by atoms with Crippen LogP contribution in [-0.2, 0) is 11.2 Å². The van der Waals surface area contributed by atoms with Crippen molar-refractivity contribution < 1.29 is 4.79 Å². The largest absolute Gasteiger partial charge is 0.378 e. The number of para-hydroxylation sites is 1. The first-order chi connectivity index (χ1) is 11.1. The van der Waals surface area contributed by atoms with Gasteiger partial charge in [0.15, 0.2) is 0 Å². The Hall–Kier alpha value is -2.49. The average Bonchev–Trinajstić information content (AvgIpc) is 2.55. The summed E-state index contributed by atoms with van der Waals surface area (Å²) in [5, 5.41) is 2.99. The first-order valence-corrected chi connectivity index (χ1v) is 8.03. The number of carbonyl (C=O) groups excluding carboxylic acids is 1. The van der Waals surface area contributed by atoms with Crippen molar-refractivity contribution in [3.8, 4) is 0 Å². The highest BCUT2D eigenvalue weighted by Crippen LogP contribution is 2.26. The van der Waals surface area contributed by atoms with Gasteiger partial charge in [0.05, 0.1) is 6.54 Å². The second kappa shape index (κ2) is 6.73. The van der Waals surface area contributed by atoms with Crippen LogP contribution in [0.5, 0.6) is 0 Å². The zero-order valence-electron chi connectivity index (χ0n) is 13.7. The van der Waals surface area contributed by atoms with Crippen LogP contribution < -0.4 is 15.1 Å². The molecule has 1 aliphatic rings. The van der Waals surface area contributed by atoms with Crippen molar-refractivity contribution in [2.75, 3.05) is 42.3 Å². The van der Waals surface area contributed by atoms with Gasteiger partial charge in [0, 0.05) is 37.7 Å². The number of amides is 1. The summed E-state index contributed by atoms with van der Waals surface area (Å²) in [6.07, 6.45) is 2.20. The molecule has 1 N–H and O–H groups in total. The fourth-order valence-corrected chi connectivity index (χ4v) is 2.99. The third-order valence-electron chi connectivity index (χ3n) is 4.21. The fourth-order valence-electron chi connectivity index (χ4n) is 2.99. The average molecular weight is 309 g/mol. The number of hydrogen-bond donors (Lipinski definition) is 1. The predicted octanol–water partition coefficient (Wildman–Crippen LogP) is 3.14. The lowest BCUT2D eigenvalue weighted by Crippen LogP contribution is -2.36. The molecule has 1 heterocycles. The normalized spacial score (nSPS) is 13.4. The molecule has 120 valence electrons. The summed E-state index contributed by atoms with van der Waals surface area (Å²) < 4.78 is 0. The summed E-state index contributed by atoms with van der Waals surface area (Å²) in [4.78, 5) is 16.6. The molecule has 3 rings (SSSR count). The van der Waals surface area contributed by atoms with Crippen molar-refractivity contribution in [1.29, 1.82) is 0 Å². The van der Waals surface area contributed by atoms with E-state index < -0.39 is 0 Å². The van der Waals surface area contributed by atoms with Gasteiger partial charge in [-0.25, -0.2) is 0 Å². The van der Waals surface area contributed by atoms with Gasteiger partial charge < -0.3 is 15.1 Å². The Morgan fingerprint density at radius 3 is 2.61 bits per heavy atom. The molecular formula is C19H23N3O. The summed E-state index contributed by atoms with van der Waals surface area (Å²) in [5.41, 5.74) is 4.48. The van der Waals surface area contributed by atoms with E-state index in [2.05, 4.69) is 28.4 Å². The topological polar surface area (TPSA) is 35.6 Å². The van der Waals surface area contributed by atoms with Gasteiger partial charge >= 0.3 is 0 Å². The van der Waals surface area contributed by atoms with Crippen LogP contribution >= 0.6 is 0 Å². The molecule has 0 saturated heterocycles. The minimum Gasteiger partial charge on any atom is -0.378 e. The molecule has 2 aromatic carbocycles. The van der Waals surface area contributed by atoms with E-state index >= 15 is 0 Å². The second-order valence-corrected chi connectivity index (χ2v) is 6.14. The number of anilines is 3. The highest BCUT2D eigenvalue weighted by Gasteiger charge is 2.18. The van der Waals surface area contributed by atoms with Gasteiger partial charge in [-0.05, 0) is 48.7 Å². The number of rotatable bonds is 4. The zero-order valence-corrected chi connectivity index (χ0v) is 13.7. The molecule has 0 radical (unpaired) electrons. The van der Waals surface area contributed by atoms with Crippen molar-refractivity contribution >= 4 is 23.0 Å². The number of nitrogens with zero attached hydrogens (tertiary/aromatic N) is 2. The van der Waals surface area contributed by atoms with E-state index in [0.29, 0.717) is 6.54 Å². The quantitative estimate of drug-likeness (QED) is 0.942. The molecule has 0 aromatic heterocycles. The standard InChI is InChI=1S/C19H23N3O/c1-21(2)17-11-9-16(10-12-17)20-19(23)14-22-13-5-7-15-6-3-4-8-18(15)22/h3-4,6,8-12H,5,7,13-14H2,1-2H3,(H,20,23). The van der Waals surface area contributed by atoms with Crippen molar-refractivity contribution in [1.82, 2.24) is 0 Å². The van der Waals surface area contributed by atoms with E-state index in [0.717, 1.165) is 30.8 Å². The Morgan fingerprint density at radius 1 is 1.13 bits per heavy atom. The summed E-state index contributed by atoms with van der Waals surface area (Å²) in [6, 6.07) is 16.3. The molecule has 23 heavy (non-hydrogen) atoms. The maximum Gasteiger partial charge on any atom is 0.243 e. The molecule has 4 nitrogen and oxygen atoms in total.